The Kier molecular flexibility index (Phi) is 6.11. The van der Waals surface area contributed by atoms with Crippen LogP contribution in [0.3, 0.4) is 0 Å². The lowest BCUT2D eigenvalue weighted by Gasteiger charge is -2.33. The van der Waals surface area contributed by atoms with Gasteiger partial charge in [-0.05, 0) is 45.6 Å². The Labute approximate surface area is 171 Å². The van der Waals surface area contributed by atoms with Crippen LogP contribution in [0.5, 0.6) is 0 Å². The van der Waals surface area contributed by atoms with E-state index in [9.17, 15) is 19.1 Å². The Balaban J connectivity index is 1.67. The van der Waals surface area contributed by atoms with Gasteiger partial charge in [-0.2, -0.15) is 0 Å². The molecule has 1 saturated heterocycles. The fraction of sp³-hybridized carbons (Fsp3) is 0.526. The highest BCUT2D eigenvalue weighted by atomic mass is 32.2. The highest BCUT2D eigenvalue weighted by Gasteiger charge is 2.29. The molecule has 1 aromatic carbocycles. The largest absolute Gasteiger partial charge is 0.444 e. The number of non-ortho nitro benzene ring substituents is 1. The number of aromatic nitrogens is 2. The van der Waals surface area contributed by atoms with Crippen molar-refractivity contribution in [1.29, 1.82) is 0 Å². The molecule has 0 unspecified atom stereocenters. The molecule has 29 heavy (non-hydrogen) atoms. The number of hydrogen-bond acceptors (Lipinski definition) is 7. The van der Waals surface area contributed by atoms with E-state index in [1.165, 1.54) is 24.4 Å². The van der Waals surface area contributed by atoms with Crippen LogP contribution in [0.2, 0.25) is 0 Å². The Morgan fingerprint density at radius 3 is 2.83 bits per heavy atom. The van der Waals surface area contributed by atoms with E-state index in [2.05, 4.69) is 9.97 Å². The number of carbonyl (C=O) groups is 1. The molecule has 1 aromatic heterocycles. The third-order valence-electron chi connectivity index (χ3n) is 4.51. The maximum Gasteiger partial charge on any atom is 0.410 e. The normalized spacial score (nSPS) is 18.4. The molecule has 1 fully saturated rings. The fourth-order valence-electron chi connectivity index (χ4n) is 3.20. The SMILES string of the molecule is CC(C)(C)OC(=O)N1CCC[C@H](C[S@](=O)c2cnc3cc([N+](=O)[O-])ccc3n2)C1. The molecule has 1 aliphatic heterocycles. The quantitative estimate of drug-likeness (QED) is 0.550. The van der Waals surface area contributed by atoms with Crippen LogP contribution in [0.1, 0.15) is 33.6 Å². The van der Waals surface area contributed by atoms with E-state index in [1.807, 2.05) is 20.8 Å². The van der Waals surface area contributed by atoms with E-state index in [4.69, 9.17) is 4.74 Å². The molecule has 2 atom stereocenters. The smallest absolute Gasteiger partial charge is 0.410 e. The molecule has 10 heteroatoms. The fourth-order valence-corrected chi connectivity index (χ4v) is 4.44. The molecule has 0 aliphatic carbocycles. The van der Waals surface area contributed by atoms with E-state index >= 15 is 0 Å². The summed E-state index contributed by atoms with van der Waals surface area (Å²) in [6.07, 6.45) is 2.75. The van der Waals surface area contributed by atoms with Crippen molar-refractivity contribution >= 4 is 33.6 Å². The number of piperidine rings is 1. The zero-order valence-electron chi connectivity index (χ0n) is 16.7. The van der Waals surface area contributed by atoms with Crippen molar-refractivity contribution in [3.63, 3.8) is 0 Å². The van der Waals surface area contributed by atoms with Crippen molar-refractivity contribution < 1.29 is 18.7 Å². The maximum atomic E-state index is 12.8. The minimum absolute atomic E-state index is 0.0647. The second kappa shape index (κ2) is 8.40. The first-order valence-electron chi connectivity index (χ1n) is 9.40. The zero-order chi connectivity index (χ0) is 21.2. The van der Waals surface area contributed by atoms with Crippen LogP contribution in [0.4, 0.5) is 10.5 Å². The number of likely N-dealkylation sites (tertiary alicyclic amines) is 1. The van der Waals surface area contributed by atoms with E-state index < -0.39 is 21.3 Å². The molecular weight excluding hydrogens is 396 g/mol. The minimum Gasteiger partial charge on any atom is -0.444 e. The predicted octanol–water partition coefficient (Wildman–Crippen LogP) is 3.29. The summed E-state index contributed by atoms with van der Waals surface area (Å²) < 4.78 is 18.2. The Morgan fingerprint density at radius 2 is 2.14 bits per heavy atom. The molecule has 0 N–H and O–H groups in total. The maximum absolute atomic E-state index is 12.8. The summed E-state index contributed by atoms with van der Waals surface area (Å²) in [5, 5.41) is 11.2. The molecule has 0 radical (unpaired) electrons. The van der Waals surface area contributed by atoms with Gasteiger partial charge in [0, 0.05) is 31.0 Å². The minimum atomic E-state index is -1.38. The number of benzene rings is 1. The first kappa shape index (κ1) is 21.1. The topological polar surface area (TPSA) is 116 Å². The Hall–Kier alpha value is -2.62. The summed E-state index contributed by atoms with van der Waals surface area (Å²) in [6, 6.07) is 4.20. The number of fused-ring (bicyclic) bond motifs is 1. The Bertz CT molecular complexity index is 959. The van der Waals surface area contributed by atoms with Gasteiger partial charge in [0.1, 0.15) is 10.6 Å². The van der Waals surface area contributed by atoms with Gasteiger partial charge in [-0.15, -0.1) is 0 Å². The third-order valence-corrected chi connectivity index (χ3v) is 5.94. The molecule has 156 valence electrons. The van der Waals surface area contributed by atoms with Crippen molar-refractivity contribution in [3.8, 4) is 0 Å². The van der Waals surface area contributed by atoms with Crippen molar-refractivity contribution in [3.05, 3.63) is 34.5 Å². The van der Waals surface area contributed by atoms with Crippen LogP contribution in [0, 0.1) is 16.0 Å². The van der Waals surface area contributed by atoms with Crippen LogP contribution in [-0.4, -0.2) is 54.5 Å². The molecular formula is C19H24N4O5S. The van der Waals surface area contributed by atoms with Crippen molar-refractivity contribution in [1.82, 2.24) is 14.9 Å². The molecule has 0 bridgehead atoms. The van der Waals surface area contributed by atoms with E-state index in [1.54, 1.807) is 4.90 Å². The van der Waals surface area contributed by atoms with Crippen LogP contribution < -0.4 is 0 Å². The van der Waals surface area contributed by atoms with E-state index in [-0.39, 0.29) is 17.7 Å². The number of nitro groups is 1. The standard InChI is InChI=1S/C19H24N4O5S/c1-19(2,3)28-18(24)22-8-4-5-13(11-22)12-29(27)17-10-20-16-9-14(23(25)26)6-7-15(16)21-17/h6-7,9-10,13H,4-5,8,11-12H2,1-3H3/t13-,29-/m0/s1. The van der Waals surface area contributed by atoms with Crippen molar-refractivity contribution in [2.45, 2.75) is 44.2 Å². The molecule has 3 rings (SSSR count). The number of amides is 1. The molecule has 2 heterocycles. The van der Waals surface area contributed by atoms with Crippen LogP contribution in [0.15, 0.2) is 29.4 Å². The van der Waals surface area contributed by atoms with Crippen molar-refractivity contribution in [2.24, 2.45) is 5.92 Å². The van der Waals surface area contributed by atoms with E-state index in [0.29, 0.717) is 34.9 Å². The highest BCUT2D eigenvalue weighted by Crippen LogP contribution is 2.23. The van der Waals surface area contributed by atoms with Gasteiger partial charge in [0.15, 0.2) is 0 Å². The van der Waals surface area contributed by atoms with Crippen LogP contribution in [0.25, 0.3) is 11.0 Å². The molecule has 9 nitrogen and oxygen atoms in total. The second-order valence-corrected chi connectivity index (χ2v) is 9.53. The summed E-state index contributed by atoms with van der Waals surface area (Å²) in [5.74, 6) is 0.443. The van der Waals surface area contributed by atoms with Gasteiger partial charge < -0.3 is 9.64 Å². The number of carbonyl (C=O) groups excluding carboxylic acids is 1. The monoisotopic (exact) mass is 420 g/mol. The molecule has 0 spiro atoms. The van der Waals surface area contributed by atoms with Gasteiger partial charge in [0.25, 0.3) is 5.69 Å². The second-order valence-electron chi connectivity index (χ2n) is 8.09. The molecule has 1 amide bonds. The summed E-state index contributed by atoms with van der Waals surface area (Å²) in [4.78, 5) is 32.9. The van der Waals surface area contributed by atoms with Gasteiger partial charge in [-0.1, -0.05) is 0 Å². The first-order valence-corrected chi connectivity index (χ1v) is 10.7. The van der Waals surface area contributed by atoms with Gasteiger partial charge >= 0.3 is 6.09 Å². The number of rotatable bonds is 4. The number of ether oxygens (including phenoxy) is 1. The Morgan fingerprint density at radius 1 is 1.38 bits per heavy atom. The van der Waals surface area contributed by atoms with Crippen LogP contribution >= 0.6 is 0 Å². The van der Waals surface area contributed by atoms with Gasteiger partial charge in [0.05, 0.1) is 33.0 Å². The molecule has 2 aromatic rings. The van der Waals surface area contributed by atoms with Gasteiger partial charge in [-0.3, -0.25) is 19.3 Å². The van der Waals surface area contributed by atoms with Crippen molar-refractivity contribution in [2.75, 3.05) is 18.8 Å². The van der Waals surface area contributed by atoms with E-state index in [0.717, 1.165) is 12.8 Å². The molecule has 0 saturated carbocycles. The number of hydrogen-bond donors (Lipinski definition) is 0. The summed E-state index contributed by atoms with van der Waals surface area (Å²) in [6.45, 7) is 6.61. The number of nitro benzene ring substituents is 1. The summed E-state index contributed by atoms with van der Waals surface area (Å²) in [5.41, 5.74) is 0.224. The molecule has 1 aliphatic rings. The zero-order valence-corrected chi connectivity index (χ0v) is 17.5. The lowest BCUT2D eigenvalue weighted by atomic mass is 10.0. The van der Waals surface area contributed by atoms with Gasteiger partial charge in [-0.25, -0.2) is 9.78 Å². The average molecular weight is 420 g/mol. The first-order chi connectivity index (χ1) is 13.6. The predicted molar refractivity (Wildman–Crippen MR) is 108 cm³/mol. The lowest BCUT2D eigenvalue weighted by Crippen LogP contribution is -2.44. The lowest BCUT2D eigenvalue weighted by molar-refractivity contribution is -0.384. The highest BCUT2D eigenvalue weighted by molar-refractivity contribution is 7.84. The summed E-state index contributed by atoms with van der Waals surface area (Å²) >= 11 is 0. The number of nitrogens with zero attached hydrogens (tertiary/aromatic N) is 4. The van der Waals surface area contributed by atoms with Gasteiger partial charge in [0.2, 0.25) is 0 Å². The van der Waals surface area contributed by atoms with Crippen LogP contribution in [-0.2, 0) is 15.5 Å². The third kappa shape index (κ3) is 5.47. The average Bonchev–Trinajstić information content (AvgIpc) is 2.66. The summed E-state index contributed by atoms with van der Waals surface area (Å²) in [7, 11) is -1.38.